The third-order valence-electron chi connectivity index (χ3n) is 0.590. The van der Waals surface area contributed by atoms with Crippen LogP contribution in [0.5, 0.6) is 0 Å². The van der Waals surface area contributed by atoms with Crippen LogP contribution >= 0.6 is 23.2 Å². The lowest BCUT2D eigenvalue weighted by Crippen LogP contribution is -2.00. The molecule has 0 nitrogen and oxygen atoms in total. The van der Waals surface area contributed by atoms with Gasteiger partial charge in [-0.15, -0.1) is 23.2 Å². The molecule has 0 radical (unpaired) electrons. The lowest BCUT2D eigenvalue weighted by molar-refractivity contribution is 0.358. The Labute approximate surface area is 52.6 Å². The Morgan fingerprint density at radius 3 is 2.14 bits per heavy atom. The van der Waals surface area contributed by atoms with Gasteiger partial charge in [0.05, 0.1) is 5.88 Å². The lowest BCUT2D eigenvalue weighted by Gasteiger charge is -1.95. The van der Waals surface area contributed by atoms with Crippen LogP contribution in [0.1, 0.15) is 6.42 Å². The van der Waals surface area contributed by atoms with Crippen molar-refractivity contribution in [1.82, 2.24) is 0 Å². The number of rotatable bonds is 3. The van der Waals surface area contributed by atoms with E-state index in [2.05, 4.69) is 0 Å². The number of hydrogen-bond donors (Lipinski definition) is 0. The second-order valence-corrected chi connectivity index (χ2v) is 1.92. The minimum absolute atomic E-state index is 0.0622. The van der Waals surface area contributed by atoms with Crippen LogP contribution in [0.25, 0.3) is 0 Å². The Kier molecular flexibility index (Phi) is 5.00. The van der Waals surface area contributed by atoms with Crippen LogP contribution in [0.2, 0.25) is 0 Å². The van der Waals surface area contributed by atoms with E-state index in [0.717, 1.165) is 0 Å². The van der Waals surface area contributed by atoms with Crippen molar-refractivity contribution in [3.05, 3.63) is 0 Å². The summed E-state index contributed by atoms with van der Waals surface area (Å²) in [5.74, 6) is 0.417. The molecular weight excluding hydrogens is 138 g/mol. The van der Waals surface area contributed by atoms with E-state index in [0.29, 0.717) is 12.3 Å². The van der Waals surface area contributed by atoms with E-state index in [-0.39, 0.29) is 5.88 Å². The van der Waals surface area contributed by atoms with Gasteiger partial charge in [-0.1, -0.05) is 0 Å². The summed E-state index contributed by atoms with van der Waals surface area (Å²) in [4.78, 5) is 0. The average molecular weight is 145 g/mol. The van der Waals surface area contributed by atoms with Crippen molar-refractivity contribution in [3.8, 4) is 0 Å². The van der Waals surface area contributed by atoms with Crippen molar-refractivity contribution in [3.63, 3.8) is 0 Å². The van der Waals surface area contributed by atoms with E-state index >= 15 is 0 Å². The van der Waals surface area contributed by atoms with Gasteiger partial charge >= 0.3 is 0 Å². The van der Waals surface area contributed by atoms with E-state index < -0.39 is 6.17 Å². The van der Waals surface area contributed by atoms with E-state index in [1.54, 1.807) is 0 Å². The molecule has 0 saturated carbocycles. The van der Waals surface area contributed by atoms with Crippen LogP contribution in [0.15, 0.2) is 0 Å². The molecule has 0 aliphatic heterocycles. The largest absolute Gasteiger partial charge is 0.246 e. The lowest BCUT2D eigenvalue weighted by atomic mass is 10.3. The summed E-state index contributed by atoms with van der Waals surface area (Å²) in [7, 11) is 0. The van der Waals surface area contributed by atoms with Gasteiger partial charge in [-0.3, -0.25) is 0 Å². The average Bonchev–Trinajstić information content (AvgIpc) is 1.68. The van der Waals surface area contributed by atoms with Gasteiger partial charge in [0.25, 0.3) is 0 Å². The summed E-state index contributed by atoms with van der Waals surface area (Å²) in [6, 6.07) is 0. The van der Waals surface area contributed by atoms with Gasteiger partial charge in [-0.25, -0.2) is 4.39 Å². The highest BCUT2D eigenvalue weighted by atomic mass is 35.5. The molecule has 0 rings (SSSR count). The maximum atomic E-state index is 11.9. The van der Waals surface area contributed by atoms with Gasteiger partial charge in [-0.05, 0) is 6.42 Å². The molecule has 0 aliphatic carbocycles. The zero-order chi connectivity index (χ0) is 5.70. The van der Waals surface area contributed by atoms with Crippen LogP contribution < -0.4 is 0 Å². The monoisotopic (exact) mass is 144 g/mol. The van der Waals surface area contributed by atoms with Gasteiger partial charge in [0.2, 0.25) is 0 Å². The van der Waals surface area contributed by atoms with Gasteiger partial charge in [0.1, 0.15) is 6.17 Å². The van der Waals surface area contributed by atoms with Gasteiger partial charge in [-0.2, -0.15) is 0 Å². The quantitative estimate of drug-likeness (QED) is 0.534. The minimum Gasteiger partial charge on any atom is -0.246 e. The third-order valence-corrected chi connectivity index (χ3v) is 1.14. The first-order chi connectivity index (χ1) is 3.31. The molecular formula is C4H7Cl2F. The van der Waals surface area contributed by atoms with E-state index in [1.165, 1.54) is 0 Å². The summed E-state index contributed by atoms with van der Waals surface area (Å²) in [6.45, 7) is 0. The first-order valence-electron chi connectivity index (χ1n) is 2.07. The number of hydrogen-bond acceptors (Lipinski definition) is 0. The van der Waals surface area contributed by atoms with Crippen LogP contribution in [0, 0.1) is 0 Å². The molecule has 0 spiro atoms. The molecule has 0 heterocycles. The predicted molar refractivity (Wildman–Crippen MR) is 31.0 cm³/mol. The van der Waals surface area contributed by atoms with Gasteiger partial charge in [0.15, 0.2) is 0 Å². The summed E-state index contributed by atoms with van der Waals surface area (Å²) in [5.41, 5.74) is 0. The van der Waals surface area contributed by atoms with Gasteiger partial charge in [0, 0.05) is 5.88 Å². The van der Waals surface area contributed by atoms with Crippen LogP contribution in [0.4, 0.5) is 4.39 Å². The molecule has 0 bridgehead atoms. The Bertz CT molecular complexity index is 40.7. The van der Waals surface area contributed by atoms with Crippen LogP contribution in [-0.4, -0.2) is 17.9 Å². The van der Waals surface area contributed by atoms with Crippen molar-refractivity contribution in [2.75, 3.05) is 11.8 Å². The van der Waals surface area contributed by atoms with Crippen LogP contribution in [-0.2, 0) is 0 Å². The standard InChI is InChI=1S/C4H7Cl2F/c5-2-1-4(7)3-6/h4H,1-3H2. The van der Waals surface area contributed by atoms with Crippen molar-refractivity contribution in [2.45, 2.75) is 12.6 Å². The van der Waals surface area contributed by atoms with Crippen molar-refractivity contribution >= 4 is 23.2 Å². The van der Waals surface area contributed by atoms with Gasteiger partial charge < -0.3 is 0 Å². The molecule has 0 aromatic rings. The molecule has 0 aliphatic rings. The Morgan fingerprint density at radius 2 is 2.00 bits per heavy atom. The summed E-state index contributed by atoms with van der Waals surface area (Å²) >= 11 is 10.3. The molecule has 1 unspecified atom stereocenters. The fourth-order valence-electron chi connectivity index (χ4n) is 0.196. The maximum absolute atomic E-state index is 11.9. The molecule has 0 N–H and O–H groups in total. The first-order valence-corrected chi connectivity index (χ1v) is 3.14. The smallest absolute Gasteiger partial charge is 0.115 e. The highest BCUT2D eigenvalue weighted by Crippen LogP contribution is 2.00. The fourth-order valence-corrected chi connectivity index (χ4v) is 0.587. The molecule has 0 fully saturated rings. The van der Waals surface area contributed by atoms with E-state index in [4.69, 9.17) is 23.2 Å². The van der Waals surface area contributed by atoms with E-state index in [1.807, 2.05) is 0 Å². The summed E-state index contributed by atoms with van der Waals surface area (Å²) < 4.78 is 11.9. The maximum Gasteiger partial charge on any atom is 0.115 e. The topological polar surface area (TPSA) is 0 Å². The van der Waals surface area contributed by atoms with Crippen molar-refractivity contribution in [1.29, 1.82) is 0 Å². The second kappa shape index (κ2) is 4.66. The van der Waals surface area contributed by atoms with Crippen LogP contribution in [0.3, 0.4) is 0 Å². The molecule has 7 heavy (non-hydrogen) atoms. The molecule has 3 heteroatoms. The fraction of sp³-hybridized carbons (Fsp3) is 1.00. The SMILES string of the molecule is FC(CCl)CCCl. The highest BCUT2D eigenvalue weighted by Gasteiger charge is 2.00. The van der Waals surface area contributed by atoms with Crippen molar-refractivity contribution < 1.29 is 4.39 Å². The zero-order valence-electron chi connectivity index (χ0n) is 3.83. The van der Waals surface area contributed by atoms with Crippen molar-refractivity contribution in [2.24, 2.45) is 0 Å². The molecule has 44 valence electrons. The predicted octanol–water partition coefficient (Wildman–Crippen LogP) is 2.19. The molecule has 0 aromatic carbocycles. The zero-order valence-corrected chi connectivity index (χ0v) is 5.34. The number of alkyl halides is 3. The molecule has 0 saturated heterocycles. The minimum atomic E-state index is -0.917. The Morgan fingerprint density at radius 1 is 1.43 bits per heavy atom. The third kappa shape index (κ3) is 4.36. The molecule has 0 aromatic heterocycles. The Hall–Kier alpha value is 0.510. The highest BCUT2D eigenvalue weighted by molar-refractivity contribution is 6.19. The van der Waals surface area contributed by atoms with E-state index in [9.17, 15) is 4.39 Å². The second-order valence-electron chi connectivity index (χ2n) is 1.23. The number of halogens is 3. The Balaban J connectivity index is 2.83. The first kappa shape index (κ1) is 7.51. The summed E-state index contributed by atoms with van der Waals surface area (Å²) in [6.07, 6.45) is -0.551. The molecule has 1 atom stereocenters. The molecule has 0 amide bonds. The normalized spacial score (nSPS) is 14.1. The summed E-state index contributed by atoms with van der Waals surface area (Å²) in [5, 5.41) is 0.